The van der Waals surface area contributed by atoms with Gasteiger partial charge in [-0.25, -0.2) is 0 Å². The first-order valence-electron chi connectivity index (χ1n) is 5.45. The van der Waals surface area contributed by atoms with Gasteiger partial charge in [0.2, 0.25) is 0 Å². The molecule has 5 heteroatoms. The summed E-state index contributed by atoms with van der Waals surface area (Å²) in [6.45, 7) is 4.59. The third-order valence-corrected chi connectivity index (χ3v) is 3.70. The van der Waals surface area contributed by atoms with Crippen LogP contribution in [0.3, 0.4) is 0 Å². The number of hydrogen-bond acceptors (Lipinski definition) is 2. The molecule has 0 saturated carbocycles. The van der Waals surface area contributed by atoms with Crippen LogP contribution in [0.25, 0.3) is 0 Å². The number of carbonyl (C=O) groups excluding carboxylic acids is 1. The van der Waals surface area contributed by atoms with Crippen molar-refractivity contribution in [2.24, 2.45) is 0 Å². The topological polar surface area (TPSA) is 32.3 Å². The first-order valence-corrected chi connectivity index (χ1v) is 6.53. The van der Waals surface area contributed by atoms with Crippen LogP contribution >= 0.6 is 35.0 Å². The Morgan fingerprint density at radius 2 is 2.18 bits per heavy atom. The highest BCUT2D eigenvalue weighted by atomic mass is 127. The van der Waals surface area contributed by atoms with E-state index in [-0.39, 0.29) is 18.3 Å². The van der Waals surface area contributed by atoms with Crippen LogP contribution < -0.4 is 5.32 Å². The summed E-state index contributed by atoms with van der Waals surface area (Å²) in [5.74, 6) is 0.151. The Kier molecular flexibility index (Phi) is 5.69. The Morgan fingerprint density at radius 3 is 2.82 bits per heavy atom. The van der Waals surface area contributed by atoms with E-state index in [1.165, 1.54) is 0 Å². The summed E-state index contributed by atoms with van der Waals surface area (Å²) in [6.07, 6.45) is 0. The number of nitrogens with zero attached hydrogens (tertiary/aromatic N) is 1. The highest BCUT2D eigenvalue weighted by molar-refractivity contribution is 14.1. The third kappa shape index (κ3) is 3.56. The molecular formula is C12H16ClIN2O. The van der Waals surface area contributed by atoms with E-state index in [4.69, 9.17) is 0 Å². The van der Waals surface area contributed by atoms with Crippen molar-refractivity contribution in [2.75, 3.05) is 19.6 Å². The molecule has 0 aliphatic carbocycles. The van der Waals surface area contributed by atoms with Gasteiger partial charge < -0.3 is 10.2 Å². The molecule has 94 valence electrons. The molecule has 0 unspecified atom stereocenters. The smallest absolute Gasteiger partial charge is 0.255 e. The zero-order valence-corrected chi connectivity index (χ0v) is 12.6. The van der Waals surface area contributed by atoms with E-state index < -0.39 is 0 Å². The quantitative estimate of drug-likeness (QED) is 0.773. The van der Waals surface area contributed by atoms with Crippen molar-refractivity contribution in [2.45, 2.75) is 13.0 Å². The molecule has 1 aromatic rings. The van der Waals surface area contributed by atoms with Crippen LogP contribution in [-0.2, 0) is 0 Å². The fraction of sp³-hybridized carbons (Fsp3) is 0.417. The van der Waals surface area contributed by atoms with Gasteiger partial charge in [0.05, 0.1) is 5.56 Å². The van der Waals surface area contributed by atoms with Gasteiger partial charge in [-0.15, -0.1) is 12.4 Å². The Bertz CT molecular complexity index is 400. The maximum Gasteiger partial charge on any atom is 0.255 e. The molecule has 1 aliphatic heterocycles. The molecule has 17 heavy (non-hydrogen) atoms. The van der Waals surface area contributed by atoms with E-state index in [2.05, 4.69) is 34.8 Å². The van der Waals surface area contributed by atoms with E-state index in [0.29, 0.717) is 6.04 Å². The molecule has 1 aliphatic rings. The van der Waals surface area contributed by atoms with Crippen LogP contribution in [0.1, 0.15) is 17.3 Å². The van der Waals surface area contributed by atoms with Gasteiger partial charge in [0.1, 0.15) is 0 Å². The van der Waals surface area contributed by atoms with Crippen molar-refractivity contribution in [3.05, 3.63) is 33.4 Å². The Hall–Kier alpha value is -0.330. The van der Waals surface area contributed by atoms with Crippen LogP contribution in [0.2, 0.25) is 0 Å². The van der Waals surface area contributed by atoms with Crippen LogP contribution in [0.5, 0.6) is 0 Å². The predicted molar refractivity (Wildman–Crippen MR) is 79.8 cm³/mol. The molecule has 0 radical (unpaired) electrons. The molecular weight excluding hydrogens is 351 g/mol. The van der Waals surface area contributed by atoms with Gasteiger partial charge in [-0.2, -0.15) is 0 Å². The van der Waals surface area contributed by atoms with Gasteiger partial charge in [-0.3, -0.25) is 4.79 Å². The zero-order valence-electron chi connectivity index (χ0n) is 9.65. The van der Waals surface area contributed by atoms with E-state index in [1.807, 2.05) is 29.2 Å². The molecule has 0 aromatic heterocycles. The molecule has 1 N–H and O–H groups in total. The third-order valence-electron chi connectivity index (χ3n) is 2.76. The van der Waals surface area contributed by atoms with E-state index in [1.54, 1.807) is 0 Å². The number of nitrogens with one attached hydrogen (secondary N) is 1. The SMILES string of the molecule is C[C@@H]1CN(C(=O)c2ccccc2I)CCN1.Cl. The summed E-state index contributed by atoms with van der Waals surface area (Å²) < 4.78 is 1.02. The van der Waals surface area contributed by atoms with Gasteiger partial charge >= 0.3 is 0 Å². The lowest BCUT2D eigenvalue weighted by Crippen LogP contribution is -2.51. The average molecular weight is 367 g/mol. The molecule has 1 fully saturated rings. The number of rotatable bonds is 1. The maximum atomic E-state index is 12.3. The van der Waals surface area contributed by atoms with Crippen molar-refractivity contribution < 1.29 is 4.79 Å². The molecule has 0 bridgehead atoms. The molecule has 2 rings (SSSR count). The molecule has 1 heterocycles. The van der Waals surface area contributed by atoms with Crippen LogP contribution in [0.15, 0.2) is 24.3 Å². The highest BCUT2D eigenvalue weighted by Gasteiger charge is 2.22. The number of carbonyl (C=O) groups is 1. The monoisotopic (exact) mass is 366 g/mol. The average Bonchev–Trinajstić information content (AvgIpc) is 2.29. The normalized spacial score (nSPS) is 19.6. The van der Waals surface area contributed by atoms with Gasteiger partial charge in [0, 0.05) is 29.2 Å². The minimum Gasteiger partial charge on any atom is -0.336 e. The molecule has 0 spiro atoms. The summed E-state index contributed by atoms with van der Waals surface area (Å²) in [6, 6.07) is 8.13. The molecule has 1 saturated heterocycles. The number of piperazine rings is 1. The summed E-state index contributed by atoms with van der Waals surface area (Å²) in [4.78, 5) is 14.2. The van der Waals surface area contributed by atoms with Crippen LogP contribution in [0, 0.1) is 3.57 Å². The Morgan fingerprint density at radius 1 is 1.47 bits per heavy atom. The summed E-state index contributed by atoms with van der Waals surface area (Å²) >= 11 is 2.21. The predicted octanol–water partition coefficient (Wildman–Crippen LogP) is 2.15. The number of halogens is 2. The second-order valence-electron chi connectivity index (χ2n) is 4.09. The van der Waals surface area contributed by atoms with Gasteiger partial charge in [0.15, 0.2) is 0 Å². The van der Waals surface area contributed by atoms with Gasteiger partial charge in [-0.05, 0) is 41.6 Å². The standard InChI is InChI=1S/C12H15IN2O.ClH/c1-9-8-15(7-6-14-9)12(16)10-4-2-3-5-11(10)13;/h2-5,9,14H,6-8H2,1H3;1H/t9-;/m1./s1. The van der Waals surface area contributed by atoms with Gasteiger partial charge in [-0.1, -0.05) is 12.1 Å². The first-order chi connectivity index (χ1) is 7.68. The second kappa shape index (κ2) is 6.56. The van der Waals surface area contributed by atoms with Gasteiger partial charge in [0.25, 0.3) is 5.91 Å². The fourth-order valence-electron chi connectivity index (χ4n) is 1.92. The number of benzene rings is 1. The molecule has 1 amide bonds. The highest BCUT2D eigenvalue weighted by Crippen LogP contribution is 2.15. The number of amides is 1. The lowest BCUT2D eigenvalue weighted by molar-refractivity contribution is 0.0708. The van der Waals surface area contributed by atoms with Crippen molar-refractivity contribution >= 4 is 40.9 Å². The largest absolute Gasteiger partial charge is 0.336 e. The van der Waals surface area contributed by atoms with Crippen LogP contribution in [-0.4, -0.2) is 36.5 Å². The number of hydrogen-bond donors (Lipinski definition) is 1. The maximum absolute atomic E-state index is 12.3. The lowest BCUT2D eigenvalue weighted by Gasteiger charge is -2.32. The zero-order chi connectivity index (χ0) is 11.5. The van der Waals surface area contributed by atoms with Crippen molar-refractivity contribution in [1.82, 2.24) is 10.2 Å². The summed E-state index contributed by atoms with van der Waals surface area (Å²) in [5, 5.41) is 3.34. The fourth-order valence-corrected chi connectivity index (χ4v) is 2.54. The summed E-state index contributed by atoms with van der Waals surface area (Å²) in [5.41, 5.74) is 0.817. The molecule has 1 aromatic carbocycles. The van der Waals surface area contributed by atoms with Crippen molar-refractivity contribution in [1.29, 1.82) is 0 Å². The van der Waals surface area contributed by atoms with Crippen molar-refractivity contribution in [3.63, 3.8) is 0 Å². The molecule has 1 atom stereocenters. The first kappa shape index (κ1) is 14.7. The van der Waals surface area contributed by atoms with E-state index in [9.17, 15) is 4.79 Å². The Labute approximate surface area is 122 Å². The van der Waals surface area contributed by atoms with Crippen molar-refractivity contribution in [3.8, 4) is 0 Å². The second-order valence-corrected chi connectivity index (χ2v) is 5.25. The molecule has 3 nitrogen and oxygen atoms in total. The van der Waals surface area contributed by atoms with E-state index >= 15 is 0 Å². The van der Waals surface area contributed by atoms with Crippen LogP contribution in [0.4, 0.5) is 0 Å². The minimum absolute atomic E-state index is 0. The minimum atomic E-state index is 0. The van der Waals surface area contributed by atoms with E-state index in [0.717, 1.165) is 28.8 Å². The lowest BCUT2D eigenvalue weighted by atomic mass is 10.1. The Balaban J connectivity index is 0.00000144. The summed E-state index contributed by atoms with van der Waals surface area (Å²) in [7, 11) is 0.